The zero-order valence-electron chi connectivity index (χ0n) is 22.3. The minimum Gasteiger partial charge on any atom is -0.454 e. The second-order valence-electron chi connectivity index (χ2n) is 9.85. The Morgan fingerprint density at radius 1 is 0.950 bits per heavy atom. The maximum Gasteiger partial charge on any atom is 0.299 e. The standard InChI is InChI=1S/C30H29N5O5/c1-20-6-8-23(9-7-20)35-30(37)28(27(18-31-35)40-24-10-11-25-26(17-24)39-19-38-25)32-22-5-3-4-21(16-22)29(36)34-14-12-33(2)13-15-34/h3-11,16-18,32H,12-15,19H2,1-2H3. The van der Waals surface area contributed by atoms with Gasteiger partial charge in [0.25, 0.3) is 11.5 Å². The van der Waals surface area contributed by atoms with Crippen LogP contribution >= 0.6 is 0 Å². The van der Waals surface area contributed by atoms with Crippen LogP contribution in [-0.2, 0) is 0 Å². The van der Waals surface area contributed by atoms with E-state index in [1.165, 1.54) is 10.9 Å². The molecule has 0 atom stereocenters. The molecule has 1 saturated heterocycles. The summed E-state index contributed by atoms with van der Waals surface area (Å²) < 4.78 is 18.3. The number of carbonyl (C=O) groups is 1. The molecule has 0 bridgehead atoms. The van der Waals surface area contributed by atoms with Gasteiger partial charge >= 0.3 is 0 Å². The van der Waals surface area contributed by atoms with Crippen LogP contribution in [0.1, 0.15) is 15.9 Å². The number of anilines is 2. The van der Waals surface area contributed by atoms with E-state index >= 15 is 0 Å². The van der Waals surface area contributed by atoms with E-state index in [2.05, 4.69) is 15.3 Å². The van der Waals surface area contributed by atoms with E-state index in [0.29, 0.717) is 47.3 Å². The van der Waals surface area contributed by atoms with Crippen molar-refractivity contribution in [2.24, 2.45) is 0 Å². The van der Waals surface area contributed by atoms with E-state index in [1.54, 1.807) is 42.5 Å². The third-order valence-corrected chi connectivity index (χ3v) is 6.96. The van der Waals surface area contributed by atoms with Crippen molar-refractivity contribution in [1.29, 1.82) is 0 Å². The van der Waals surface area contributed by atoms with Gasteiger partial charge in [-0.15, -0.1) is 0 Å². The smallest absolute Gasteiger partial charge is 0.299 e. The molecule has 1 aromatic heterocycles. The Morgan fingerprint density at radius 2 is 1.73 bits per heavy atom. The summed E-state index contributed by atoms with van der Waals surface area (Å²) in [5, 5.41) is 7.59. The third kappa shape index (κ3) is 5.21. The number of aromatic nitrogens is 2. The summed E-state index contributed by atoms with van der Waals surface area (Å²) in [7, 11) is 2.05. The minimum absolute atomic E-state index is 0.0413. The van der Waals surface area contributed by atoms with Gasteiger partial charge in [0, 0.05) is 43.5 Å². The monoisotopic (exact) mass is 539 g/mol. The predicted octanol–water partition coefficient (Wildman–Crippen LogP) is 4.19. The SMILES string of the molecule is Cc1ccc(-n2ncc(Oc3ccc4c(c3)OCO4)c(Nc3cccc(C(=O)N4CCN(C)CC4)c3)c2=O)cc1. The highest BCUT2D eigenvalue weighted by atomic mass is 16.7. The lowest BCUT2D eigenvalue weighted by Crippen LogP contribution is -2.47. The first-order valence-electron chi connectivity index (χ1n) is 13.1. The summed E-state index contributed by atoms with van der Waals surface area (Å²) >= 11 is 0. The Hall–Kier alpha value is -4.83. The normalized spacial score (nSPS) is 14.7. The maximum atomic E-state index is 13.8. The first-order valence-corrected chi connectivity index (χ1v) is 13.1. The summed E-state index contributed by atoms with van der Waals surface area (Å²) in [6.07, 6.45) is 1.49. The van der Waals surface area contributed by atoms with E-state index in [-0.39, 0.29) is 24.1 Å². The molecule has 40 heavy (non-hydrogen) atoms. The second kappa shape index (κ2) is 10.7. The number of piperazine rings is 1. The molecule has 0 unspecified atom stereocenters. The van der Waals surface area contributed by atoms with E-state index < -0.39 is 5.56 Å². The van der Waals surface area contributed by atoms with Crippen molar-refractivity contribution in [3.8, 4) is 28.7 Å². The highest BCUT2D eigenvalue weighted by Crippen LogP contribution is 2.37. The van der Waals surface area contributed by atoms with Gasteiger partial charge in [-0.3, -0.25) is 9.59 Å². The summed E-state index contributed by atoms with van der Waals surface area (Å²) in [6.45, 7) is 5.13. The molecule has 4 aromatic rings. The topological polar surface area (TPSA) is 98.2 Å². The lowest BCUT2D eigenvalue weighted by Gasteiger charge is -2.32. The van der Waals surface area contributed by atoms with E-state index in [1.807, 2.05) is 43.1 Å². The number of likely N-dealkylation sites (N-methyl/N-ethyl adjacent to an activating group) is 1. The number of fused-ring (bicyclic) bond motifs is 1. The second-order valence-corrected chi connectivity index (χ2v) is 9.85. The number of benzene rings is 3. The summed E-state index contributed by atoms with van der Waals surface area (Å²) in [5.74, 6) is 1.83. The van der Waals surface area contributed by atoms with Crippen molar-refractivity contribution in [2.45, 2.75) is 6.92 Å². The summed E-state index contributed by atoms with van der Waals surface area (Å²) in [6, 6.07) is 19.8. The number of rotatable bonds is 6. The molecule has 2 aliphatic rings. The van der Waals surface area contributed by atoms with Crippen molar-refractivity contribution >= 4 is 17.3 Å². The van der Waals surface area contributed by atoms with Gasteiger partial charge in [-0.25, -0.2) is 0 Å². The fraction of sp³-hybridized carbons (Fsp3) is 0.233. The van der Waals surface area contributed by atoms with Gasteiger partial charge in [0.05, 0.1) is 11.9 Å². The van der Waals surface area contributed by atoms with Crippen LogP contribution in [0.2, 0.25) is 0 Å². The average Bonchev–Trinajstić information content (AvgIpc) is 3.44. The van der Waals surface area contributed by atoms with Crippen LogP contribution in [0, 0.1) is 6.92 Å². The number of aryl methyl sites for hydroxylation is 1. The van der Waals surface area contributed by atoms with Crippen LogP contribution in [0.3, 0.4) is 0 Å². The van der Waals surface area contributed by atoms with Crippen LogP contribution < -0.4 is 25.1 Å². The Kier molecular flexibility index (Phi) is 6.83. The summed E-state index contributed by atoms with van der Waals surface area (Å²) in [5.41, 5.74) is 2.58. The Morgan fingerprint density at radius 3 is 2.52 bits per heavy atom. The van der Waals surface area contributed by atoms with Crippen LogP contribution in [-0.4, -0.2) is 65.5 Å². The largest absolute Gasteiger partial charge is 0.454 e. The minimum atomic E-state index is -0.405. The number of ether oxygens (including phenoxy) is 3. The molecular weight excluding hydrogens is 510 g/mol. The zero-order valence-corrected chi connectivity index (χ0v) is 22.3. The van der Waals surface area contributed by atoms with E-state index in [4.69, 9.17) is 14.2 Å². The molecule has 0 spiro atoms. The van der Waals surface area contributed by atoms with Crippen LogP contribution in [0.5, 0.6) is 23.0 Å². The Balaban J connectivity index is 1.35. The third-order valence-electron chi connectivity index (χ3n) is 6.96. The lowest BCUT2D eigenvalue weighted by molar-refractivity contribution is 0.0664. The van der Waals surface area contributed by atoms with Crippen molar-refractivity contribution < 1.29 is 19.0 Å². The molecule has 0 aliphatic carbocycles. The maximum absolute atomic E-state index is 13.8. The summed E-state index contributed by atoms with van der Waals surface area (Å²) in [4.78, 5) is 31.0. The molecule has 2 aliphatic heterocycles. The molecule has 0 radical (unpaired) electrons. The number of hydrogen-bond donors (Lipinski definition) is 1. The van der Waals surface area contributed by atoms with Crippen molar-refractivity contribution in [1.82, 2.24) is 19.6 Å². The quantitative estimate of drug-likeness (QED) is 0.390. The van der Waals surface area contributed by atoms with Gasteiger partial charge in [-0.2, -0.15) is 9.78 Å². The molecule has 10 heteroatoms. The van der Waals surface area contributed by atoms with Gasteiger partial charge in [-0.1, -0.05) is 23.8 Å². The van der Waals surface area contributed by atoms with E-state index in [9.17, 15) is 9.59 Å². The van der Waals surface area contributed by atoms with Gasteiger partial charge in [-0.05, 0) is 56.4 Å². The van der Waals surface area contributed by atoms with E-state index in [0.717, 1.165) is 18.7 Å². The molecule has 6 rings (SSSR count). The number of hydrogen-bond acceptors (Lipinski definition) is 8. The first-order chi connectivity index (χ1) is 19.4. The van der Waals surface area contributed by atoms with Crippen molar-refractivity contribution in [3.05, 3.63) is 94.4 Å². The van der Waals surface area contributed by atoms with Crippen molar-refractivity contribution in [2.75, 3.05) is 45.3 Å². The number of amides is 1. The molecule has 1 fully saturated rings. The molecule has 3 aromatic carbocycles. The molecule has 1 N–H and O–H groups in total. The van der Waals surface area contributed by atoms with Crippen LogP contribution in [0.4, 0.5) is 11.4 Å². The molecule has 0 saturated carbocycles. The number of carbonyl (C=O) groups excluding carboxylic acids is 1. The molecule has 204 valence electrons. The molecular formula is C30H29N5O5. The first kappa shape index (κ1) is 25.4. The highest BCUT2D eigenvalue weighted by Gasteiger charge is 2.22. The van der Waals surface area contributed by atoms with Gasteiger partial charge in [0.15, 0.2) is 22.9 Å². The molecule has 10 nitrogen and oxygen atoms in total. The van der Waals surface area contributed by atoms with Gasteiger partial charge in [0.2, 0.25) is 6.79 Å². The molecule has 1 amide bonds. The zero-order chi connectivity index (χ0) is 27.6. The van der Waals surface area contributed by atoms with Gasteiger partial charge < -0.3 is 29.3 Å². The fourth-order valence-electron chi connectivity index (χ4n) is 4.63. The molecule has 3 heterocycles. The number of nitrogens with one attached hydrogen (secondary N) is 1. The Bertz CT molecular complexity index is 1610. The van der Waals surface area contributed by atoms with Gasteiger partial charge in [0.1, 0.15) is 5.75 Å². The average molecular weight is 540 g/mol. The fourth-order valence-corrected chi connectivity index (χ4v) is 4.63. The van der Waals surface area contributed by atoms with Crippen molar-refractivity contribution in [3.63, 3.8) is 0 Å². The Labute approximate surface area is 231 Å². The predicted molar refractivity (Wildman–Crippen MR) is 150 cm³/mol. The number of nitrogens with zero attached hydrogens (tertiary/aromatic N) is 4. The lowest BCUT2D eigenvalue weighted by atomic mass is 10.1. The van der Waals surface area contributed by atoms with Crippen LogP contribution in [0.15, 0.2) is 77.7 Å². The highest BCUT2D eigenvalue weighted by molar-refractivity contribution is 5.95. The van der Waals surface area contributed by atoms with Crippen LogP contribution in [0.25, 0.3) is 5.69 Å².